The summed E-state index contributed by atoms with van der Waals surface area (Å²) >= 11 is 1.77. The van der Waals surface area contributed by atoms with Gasteiger partial charge in [-0.05, 0) is 0 Å². The molecule has 0 saturated heterocycles. The fraction of sp³-hybridized carbons (Fsp3) is 0.0714. The predicted octanol–water partition coefficient (Wildman–Crippen LogP) is 3.28. The SMILES string of the molecule is O=C([Se]CSc1ccccc1)c1ccccc1. The molecule has 2 rings (SSSR count). The van der Waals surface area contributed by atoms with E-state index in [-0.39, 0.29) is 19.6 Å². The Morgan fingerprint density at radius 2 is 1.53 bits per heavy atom. The molecular formula is C14H12OSSe. The van der Waals surface area contributed by atoms with Gasteiger partial charge in [-0.15, -0.1) is 0 Å². The Balaban J connectivity index is 1.82. The Hall–Kier alpha value is -1.02. The van der Waals surface area contributed by atoms with Crippen LogP contribution in [0.25, 0.3) is 0 Å². The first-order chi connectivity index (χ1) is 8.36. The van der Waals surface area contributed by atoms with E-state index in [1.807, 2.05) is 48.5 Å². The van der Waals surface area contributed by atoms with Crippen LogP contribution in [0.5, 0.6) is 0 Å². The van der Waals surface area contributed by atoms with Crippen molar-refractivity contribution in [2.45, 2.75) is 4.90 Å². The van der Waals surface area contributed by atoms with Crippen LogP contribution in [0.1, 0.15) is 10.4 Å². The standard InChI is InChI=1S/C14H12OSSe/c15-14(12-7-3-1-4-8-12)17-11-16-13-9-5-2-6-10-13/h1-10H,11H2. The topological polar surface area (TPSA) is 17.1 Å². The van der Waals surface area contributed by atoms with Crippen molar-refractivity contribution in [2.75, 3.05) is 4.65 Å². The third kappa shape index (κ3) is 4.04. The van der Waals surface area contributed by atoms with E-state index >= 15 is 0 Å². The zero-order valence-corrected chi connectivity index (χ0v) is 11.7. The average Bonchev–Trinajstić information content (AvgIpc) is 2.41. The van der Waals surface area contributed by atoms with Crippen molar-refractivity contribution in [2.24, 2.45) is 0 Å². The van der Waals surface area contributed by atoms with E-state index in [0.29, 0.717) is 0 Å². The van der Waals surface area contributed by atoms with Crippen LogP contribution < -0.4 is 0 Å². The molecule has 0 fully saturated rings. The molecule has 1 nitrogen and oxygen atoms in total. The van der Waals surface area contributed by atoms with Gasteiger partial charge in [-0.2, -0.15) is 0 Å². The molecule has 86 valence electrons. The number of carbonyl (C=O) groups is 1. The molecule has 0 N–H and O–H groups in total. The van der Waals surface area contributed by atoms with Gasteiger partial charge in [0.05, 0.1) is 0 Å². The van der Waals surface area contributed by atoms with Gasteiger partial charge in [-0.1, -0.05) is 0 Å². The third-order valence-corrected chi connectivity index (χ3v) is 5.54. The zero-order valence-electron chi connectivity index (χ0n) is 9.21. The molecule has 0 amide bonds. The maximum absolute atomic E-state index is 11.8. The molecule has 0 aliphatic carbocycles. The van der Waals surface area contributed by atoms with E-state index in [2.05, 4.69) is 12.1 Å². The summed E-state index contributed by atoms with van der Waals surface area (Å²) in [4.78, 5) is 13.1. The molecule has 0 heterocycles. The molecule has 0 radical (unpaired) electrons. The fourth-order valence-corrected chi connectivity index (χ4v) is 4.51. The van der Waals surface area contributed by atoms with Crippen molar-refractivity contribution in [3.05, 3.63) is 66.2 Å². The fourth-order valence-electron chi connectivity index (χ4n) is 1.33. The molecule has 0 spiro atoms. The summed E-state index contributed by atoms with van der Waals surface area (Å²) in [6, 6.07) is 19.7. The molecule has 0 aromatic heterocycles. The summed E-state index contributed by atoms with van der Waals surface area (Å²) in [7, 11) is 0. The quantitative estimate of drug-likeness (QED) is 0.623. The average molecular weight is 307 g/mol. The van der Waals surface area contributed by atoms with Crippen LogP contribution in [0.15, 0.2) is 65.6 Å². The number of hydrogen-bond acceptors (Lipinski definition) is 2. The van der Waals surface area contributed by atoms with Crippen LogP contribution in [0.2, 0.25) is 0 Å². The molecule has 0 bridgehead atoms. The van der Waals surface area contributed by atoms with Gasteiger partial charge in [0.2, 0.25) is 0 Å². The van der Waals surface area contributed by atoms with Crippen molar-refractivity contribution < 1.29 is 4.79 Å². The molecule has 2 aromatic carbocycles. The number of rotatable bonds is 5. The van der Waals surface area contributed by atoms with Gasteiger partial charge in [0.25, 0.3) is 0 Å². The molecule has 0 atom stereocenters. The first-order valence-corrected chi connectivity index (χ1v) is 8.31. The first kappa shape index (κ1) is 12.4. The Morgan fingerprint density at radius 3 is 2.18 bits per heavy atom. The van der Waals surface area contributed by atoms with E-state index in [1.54, 1.807) is 11.8 Å². The number of carbonyl (C=O) groups excluding carboxylic acids is 1. The molecule has 3 heteroatoms. The van der Waals surface area contributed by atoms with Crippen molar-refractivity contribution in [3.63, 3.8) is 0 Å². The normalized spacial score (nSPS) is 10.1. The Kier molecular flexibility index (Phi) is 4.87. The van der Waals surface area contributed by atoms with Crippen LogP contribution in [0.3, 0.4) is 0 Å². The second-order valence-corrected chi connectivity index (χ2v) is 7.24. The van der Waals surface area contributed by atoms with Crippen molar-refractivity contribution in [1.82, 2.24) is 0 Å². The predicted molar refractivity (Wildman–Crippen MR) is 73.7 cm³/mol. The van der Waals surface area contributed by atoms with E-state index in [9.17, 15) is 4.79 Å². The second-order valence-electron chi connectivity index (χ2n) is 3.37. The summed E-state index contributed by atoms with van der Waals surface area (Å²) in [5, 5.41) is 0. The van der Waals surface area contributed by atoms with Gasteiger partial charge < -0.3 is 0 Å². The minimum atomic E-state index is 0.0157. The van der Waals surface area contributed by atoms with Crippen molar-refractivity contribution in [1.29, 1.82) is 0 Å². The summed E-state index contributed by atoms with van der Waals surface area (Å²) in [6.07, 6.45) is 0. The van der Waals surface area contributed by atoms with Gasteiger partial charge in [-0.3, -0.25) is 0 Å². The minimum absolute atomic E-state index is 0.0157. The van der Waals surface area contributed by atoms with E-state index in [4.69, 9.17) is 0 Å². The second kappa shape index (κ2) is 6.65. The molecule has 0 unspecified atom stereocenters. The van der Waals surface area contributed by atoms with Gasteiger partial charge in [0, 0.05) is 0 Å². The van der Waals surface area contributed by atoms with Crippen LogP contribution >= 0.6 is 11.8 Å². The third-order valence-electron chi connectivity index (χ3n) is 2.17. The van der Waals surface area contributed by atoms with Crippen LogP contribution in [-0.4, -0.2) is 24.3 Å². The van der Waals surface area contributed by atoms with Crippen LogP contribution in [0.4, 0.5) is 0 Å². The molecule has 0 saturated carbocycles. The van der Waals surface area contributed by atoms with E-state index < -0.39 is 0 Å². The summed E-state index contributed by atoms with van der Waals surface area (Å²) in [5.41, 5.74) is 0.834. The summed E-state index contributed by atoms with van der Waals surface area (Å²) < 4.78 is 1.17. The van der Waals surface area contributed by atoms with Gasteiger partial charge >= 0.3 is 112 Å². The van der Waals surface area contributed by atoms with E-state index in [1.165, 1.54) is 4.90 Å². The molecule has 0 aliphatic heterocycles. The Bertz CT molecular complexity index is 470. The van der Waals surface area contributed by atoms with Gasteiger partial charge in [-0.25, -0.2) is 0 Å². The Morgan fingerprint density at radius 1 is 0.941 bits per heavy atom. The summed E-state index contributed by atoms with van der Waals surface area (Å²) in [6.45, 7) is 0. The van der Waals surface area contributed by atoms with Gasteiger partial charge in [0.1, 0.15) is 0 Å². The molecule has 17 heavy (non-hydrogen) atoms. The zero-order chi connectivity index (χ0) is 11.9. The number of hydrogen-bond donors (Lipinski definition) is 0. The first-order valence-electron chi connectivity index (χ1n) is 5.26. The summed E-state index contributed by atoms with van der Waals surface area (Å²) in [5.74, 6) is 0. The number of benzene rings is 2. The maximum atomic E-state index is 11.8. The van der Waals surface area contributed by atoms with Crippen molar-refractivity contribution in [3.8, 4) is 0 Å². The Labute approximate surface area is 112 Å². The molecular weight excluding hydrogens is 295 g/mol. The van der Waals surface area contributed by atoms with Gasteiger partial charge in [0.15, 0.2) is 0 Å². The number of thioether (sulfide) groups is 1. The van der Waals surface area contributed by atoms with Crippen LogP contribution in [0, 0.1) is 0 Å². The van der Waals surface area contributed by atoms with Crippen molar-refractivity contribution >= 4 is 31.4 Å². The molecule has 0 aliphatic rings. The molecule has 2 aromatic rings. The van der Waals surface area contributed by atoms with Crippen LogP contribution in [-0.2, 0) is 0 Å². The van der Waals surface area contributed by atoms with E-state index in [0.717, 1.165) is 10.2 Å². The monoisotopic (exact) mass is 308 g/mol.